The molecule has 1 N–H and O–H groups in total. The summed E-state index contributed by atoms with van der Waals surface area (Å²) in [5, 5.41) is 10.9. The summed E-state index contributed by atoms with van der Waals surface area (Å²) >= 11 is 0. The number of allylic oxidation sites excluding steroid dienone is 2. The SMILES string of the molecule is C/C=C\C(=N)/C(C)=N\OC. The van der Waals surface area contributed by atoms with Crippen molar-refractivity contribution in [2.75, 3.05) is 7.11 Å². The van der Waals surface area contributed by atoms with E-state index in [1.807, 2.05) is 6.92 Å². The van der Waals surface area contributed by atoms with E-state index >= 15 is 0 Å². The van der Waals surface area contributed by atoms with E-state index < -0.39 is 0 Å². The Bertz CT molecular complexity index is 170. The average molecular weight is 140 g/mol. The van der Waals surface area contributed by atoms with E-state index in [2.05, 4.69) is 9.99 Å². The zero-order valence-electron chi connectivity index (χ0n) is 6.51. The molecule has 0 amide bonds. The minimum atomic E-state index is 0.379. The summed E-state index contributed by atoms with van der Waals surface area (Å²) in [5.74, 6) is 0. The molecular weight excluding hydrogens is 128 g/mol. The first-order valence-electron chi connectivity index (χ1n) is 3.01. The third-order valence-corrected chi connectivity index (χ3v) is 0.951. The molecule has 0 heterocycles. The standard InChI is InChI=1S/C7H12N2O/c1-4-5-7(8)6(2)9-10-3/h4-5,8H,1-3H3/b5-4-,8-7?,9-6-. The van der Waals surface area contributed by atoms with E-state index in [0.717, 1.165) is 0 Å². The molecule has 0 saturated heterocycles. The van der Waals surface area contributed by atoms with Crippen molar-refractivity contribution in [3.05, 3.63) is 12.2 Å². The summed E-state index contributed by atoms with van der Waals surface area (Å²) in [6.07, 6.45) is 3.45. The van der Waals surface area contributed by atoms with Gasteiger partial charge in [0, 0.05) is 0 Å². The Hall–Kier alpha value is -1.12. The summed E-state index contributed by atoms with van der Waals surface area (Å²) in [7, 11) is 1.46. The number of oxime groups is 1. The van der Waals surface area contributed by atoms with Crippen molar-refractivity contribution >= 4 is 11.4 Å². The monoisotopic (exact) mass is 140 g/mol. The van der Waals surface area contributed by atoms with Crippen LogP contribution < -0.4 is 0 Å². The van der Waals surface area contributed by atoms with Crippen LogP contribution in [0.15, 0.2) is 17.3 Å². The minimum Gasteiger partial charge on any atom is -0.399 e. The third kappa shape index (κ3) is 3.02. The van der Waals surface area contributed by atoms with Crippen molar-refractivity contribution in [1.29, 1.82) is 5.41 Å². The van der Waals surface area contributed by atoms with Gasteiger partial charge in [-0.15, -0.1) is 0 Å². The molecule has 0 radical (unpaired) electrons. The molecule has 0 aromatic heterocycles. The first-order chi connectivity index (χ1) is 4.72. The van der Waals surface area contributed by atoms with E-state index in [1.165, 1.54) is 7.11 Å². The maximum absolute atomic E-state index is 7.30. The van der Waals surface area contributed by atoms with Gasteiger partial charge < -0.3 is 4.84 Å². The lowest BCUT2D eigenvalue weighted by atomic mass is 10.2. The highest BCUT2D eigenvalue weighted by Gasteiger charge is 1.94. The predicted octanol–water partition coefficient (Wildman–Crippen LogP) is 1.60. The van der Waals surface area contributed by atoms with Crippen LogP contribution in [0.3, 0.4) is 0 Å². The fourth-order valence-electron chi connectivity index (χ4n) is 0.473. The normalized spacial score (nSPS) is 12.1. The summed E-state index contributed by atoms with van der Waals surface area (Å²) in [4.78, 5) is 4.48. The van der Waals surface area contributed by atoms with Crippen LogP contribution in [0, 0.1) is 5.41 Å². The molecule has 0 rings (SSSR count). The summed E-state index contributed by atoms with van der Waals surface area (Å²) in [6.45, 7) is 3.58. The summed E-state index contributed by atoms with van der Waals surface area (Å²) in [6, 6.07) is 0. The van der Waals surface area contributed by atoms with Gasteiger partial charge in [0.05, 0.1) is 5.71 Å². The second kappa shape index (κ2) is 4.73. The van der Waals surface area contributed by atoms with E-state index in [4.69, 9.17) is 5.41 Å². The lowest BCUT2D eigenvalue weighted by Gasteiger charge is -1.93. The van der Waals surface area contributed by atoms with E-state index in [9.17, 15) is 0 Å². The highest BCUT2D eigenvalue weighted by atomic mass is 16.6. The molecule has 0 aromatic carbocycles. The largest absolute Gasteiger partial charge is 0.399 e. The van der Waals surface area contributed by atoms with E-state index in [-0.39, 0.29) is 0 Å². The molecule has 0 unspecified atom stereocenters. The Labute approximate surface area is 60.9 Å². The van der Waals surface area contributed by atoms with Crippen molar-refractivity contribution in [2.24, 2.45) is 5.16 Å². The molecular formula is C7H12N2O. The van der Waals surface area contributed by atoms with E-state index in [0.29, 0.717) is 11.4 Å². The molecule has 0 aliphatic heterocycles. The topological polar surface area (TPSA) is 45.4 Å². The molecule has 0 aliphatic carbocycles. The smallest absolute Gasteiger partial charge is 0.106 e. The number of nitrogens with one attached hydrogen (secondary N) is 1. The molecule has 0 saturated carbocycles. The molecule has 0 atom stereocenters. The van der Waals surface area contributed by atoms with Crippen LogP contribution in [0.25, 0.3) is 0 Å². The quantitative estimate of drug-likeness (QED) is 0.469. The van der Waals surface area contributed by atoms with Gasteiger partial charge in [0.15, 0.2) is 0 Å². The molecule has 0 fully saturated rings. The van der Waals surface area contributed by atoms with Gasteiger partial charge in [-0.2, -0.15) is 0 Å². The lowest BCUT2D eigenvalue weighted by Crippen LogP contribution is -2.05. The maximum atomic E-state index is 7.30. The molecule has 3 nitrogen and oxygen atoms in total. The van der Waals surface area contributed by atoms with Crippen molar-refractivity contribution in [3.8, 4) is 0 Å². The van der Waals surface area contributed by atoms with Gasteiger partial charge in [-0.25, -0.2) is 0 Å². The van der Waals surface area contributed by atoms with Gasteiger partial charge in [0.2, 0.25) is 0 Å². The van der Waals surface area contributed by atoms with Crippen LogP contribution in [-0.2, 0) is 4.84 Å². The number of hydrogen-bond donors (Lipinski definition) is 1. The Morgan fingerprint density at radius 2 is 2.20 bits per heavy atom. The molecule has 0 bridgehead atoms. The lowest BCUT2D eigenvalue weighted by molar-refractivity contribution is 0.214. The Kier molecular flexibility index (Phi) is 4.20. The second-order valence-electron chi connectivity index (χ2n) is 1.77. The van der Waals surface area contributed by atoms with Gasteiger partial charge in [-0.1, -0.05) is 11.2 Å². The molecule has 56 valence electrons. The van der Waals surface area contributed by atoms with Gasteiger partial charge in [-0.3, -0.25) is 5.41 Å². The first kappa shape index (κ1) is 8.88. The summed E-state index contributed by atoms with van der Waals surface area (Å²) in [5.41, 5.74) is 0.963. The minimum absolute atomic E-state index is 0.379. The fraction of sp³-hybridized carbons (Fsp3) is 0.429. The van der Waals surface area contributed by atoms with Crippen molar-refractivity contribution in [2.45, 2.75) is 13.8 Å². The van der Waals surface area contributed by atoms with Crippen LogP contribution in [0.2, 0.25) is 0 Å². The predicted molar refractivity (Wildman–Crippen MR) is 42.7 cm³/mol. The van der Waals surface area contributed by atoms with Gasteiger partial charge in [0.25, 0.3) is 0 Å². The number of rotatable bonds is 3. The van der Waals surface area contributed by atoms with Gasteiger partial charge in [0.1, 0.15) is 12.8 Å². The van der Waals surface area contributed by atoms with Crippen molar-refractivity contribution in [1.82, 2.24) is 0 Å². The van der Waals surface area contributed by atoms with E-state index in [1.54, 1.807) is 19.1 Å². The van der Waals surface area contributed by atoms with Crippen LogP contribution in [0.1, 0.15) is 13.8 Å². The Balaban J connectivity index is 4.07. The van der Waals surface area contributed by atoms with Crippen LogP contribution in [0.4, 0.5) is 0 Å². The van der Waals surface area contributed by atoms with Gasteiger partial charge >= 0.3 is 0 Å². The zero-order valence-corrected chi connectivity index (χ0v) is 6.51. The molecule has 0 spiro atoms. The van der Waals surface area contributed by atoms with Crippen molar-refractivity contribution in [3.63, 3.8) is 0 Å². The first-order valence-corrected chi connectivity index (χ1v) is 3.01. The average Bonchev–Trinajstić information content (AvgIpc) is 1.89. The highest BCUT2D eigenvalue weighted by Crippen LogP contribution is 1.84. The number of hydrogen-bond acceptors (Lipinski definition) is 3. The fourth-order valence-corrected chi connectivity index (χ4v) is 0.473. The second-order valence-corrected chi connectivity index (χ2v) is 1.77. The molecule has 0 aromatic rings. The van der Waals surface area contributed by atoms with Crippen LogP contribution in [-0.4, -0.2) is 18.5 Å². The van der Waals surface area contributed by atoms with Crippen LogP contribution >= 0.6 is 0 Å². The molecule has 3 heteroatoms. The number of nitrogens with zero attached hydrogens (tertiary/aromatic N) is 1. The molecule has 10 heavy (non-hydrogen) atoms. The Morgan fingerprint density at radius 1 is 1.60 bits per heavy atom. The third-order valence-electron chi connectivity index (χ3n) is 0.951. The zero-order chi connectivity index (χ0) is 7.98. The Morgan fingerprint density at radius 3 is 2.60 bits per heavy atom. The highest BCUT2D eigenvalue weighted by molar-refractivity contribution is 6.44. The molecule has 0 aliphatic rings. The van der Waals surface area contributed by atoms with Crippen LogP contribution in [0.5, 0.6) is 0 Å². The van der Waals surface area contributed by atoms with Crippen molar-refractivity contribution < 1.29 is 4.84 Å². The summed E-state index contributed by atoms with van der Waals surface area (Å²) < 4.78 is 0. The van der Waals surface area contributed by atoms with Gasteiger partial charge in [-0.05, 0) is 19.9 Å². The maximum Gasteiger partial charge on any atom is 0.106 e.